The summed E-state index contributed by atoms with van der Waals surface area (Å²) in [5.41, 5.74) is 3.29. The van der Waals surface area contributed by atoms with Gasteiger partial charge in [0.05, 0.1) is 0 Å². The zero-order valence-electron chi connectivity index (χ0n) is 29.1. The van der Waals surface area contributed by atoms with Crippen molar-refractivity contribution in [2.75, 3.05) is 0 Å². The molecule has 0 atom stereocenters. The van der Waals surface area contributed by atoms with Crippen molar-refractivity contribution in [3.63, 3.8) is 0 Å². The van der Waals surface area contributed by atoms with E-state index in [-0.39, 0.29) is 40.2 Å². The molecule has 0 unspecified atom stereocenters. The normalized spacial score (nSPS) is 16.8. The molecule has 0 radical (unpaired) electrons. The van der Waals surface area contributed by atoms with E-state index in [1.807, 2.05) is 69.2 Å². The van der Waals surface area contributed by atoms with E-state index in [0.29, 0.717) is 44.6 Å². The van der Waals surface area contributed by atoms with Crippen LogP contribution in [-0.4, -0.2) is 23.1 Å². The van der Waals surface area contributed by atoms with Crippen LogP contribution in [0.1, 0.15) is 118 Å². The van der Waals surface area contributed by atoms with Gasteiger partial charge in [0.2, 0.25) is 0 Å². The Balaban J connectivity index is 0. The summed E-state index contributed by atoms with van der Waals surface area (Å²) in [5, 5.41) is 0. The molecule has 2 aliphatic carbocycles. The first kappa shape index (κ1) is 41.2. The molecule has 43 heavy (non-hydrogen) atoms. The number of hydrogen-bond acceptors (Lipinski definition) is 4. The predicted octanol–water partition coefficient (Wildman–Crippen LogP) is 10.5. The highest BCUT2D eigenvalue weighted by molar-refractivity contribution is 6.32. The first-order valence-corrected chi connectivity index (χ1v) is 15.7. The lowest BCUT2D eigenvalue weighted by molar-refractivity contribution is -0.116. The quantitative estimate of drug-likeness (QED) is 0.254. The van der Waals surface area contributed by atoms with Crippen molar-refractivity contribution in [3.8, 4) is 0 Å². The highest BCUT2D eigenvalue weighted by Gasteiger charge is 2.38. The zero-order chi connectivity index (χ0) is 34.0. The number of benzene rings is 1. The summed E-state index contributed by atoms with van der Waals surface area (Å²) in [6, 6.07) is 6.72. The number of ketones is 4. The molecule has 3 rings (SSSR count). The topological polar surface area (TPSA) is 68.3 Å². The SMILES string of the molecule is C=C/C=C(C1=C(C)C(=O)C(=C/C)/C(=C\C(C)C)C1=O)/C(=C/C)C1=C(C)C(=O)c2ccccc2C1=O.CC.CC.CC.CC. The number of allylic oxidation sites excluding steroid dienone is 13. The molecule has 4 heteroatoms. The van der Waals surface area contributed by atoms with Crippen LogP contribution >= 0.6 is 0 Å². The van der Waals surface area contributed by atoms with Gasteiger partial charge in [-0.25, -0.2) is 0 Å². The van der Waals surface area contributed by atoms with Gasteiger partial charge in [0, 0.05) is 44.6 Å². The minimum Gasteiger partial charge on any atom is -0.289 e. The molecule has 0 N–H and O–H groups in total. The number of hydrogen-bond donors (Lipinski definition) is 0. The Morgan fingerprint density at radius 2 is 1.09 bits per heavy atom. The Hall–Kier alpha value is -3.92. The van der Waals surface area contributed by atoms with Crippen LogP contribution in [0.15, 0.2) is 106 Å². The van der Waals surface area contributed by atoms with Crippen LogP contribution in [-0.2, 0) is 9.59 Å². The van der Waals surface area contributed by atoms with Crippen molar-refractivity contribution in [1.82, 2.24) is 0 Å². The van der Waals surface area contributed by atoms with Gasteiger partial charge >= 0.3 is 0 Å². The standard InChI is InChI=1S/C31H30O4.4C2H6/c1-8-13-22(27-19(7)28(32)21(10-3)25(31(27)35)16-17(4)5)20(9-2)26-18(6)29(33)23-14-11-12-15-24(23)30(26)34;4*1-2/h8-17H,1H2,2-7H3;4*1-2H3/b20-9-,21-10+,22-13-,25-16+;;;;. The molecular formula is C39H54O4. The van der Waals surface area contributed by atoms with E-state index < -0.39 is 0 Å². The van der Waals surface area contributed by atoms with E-state index in [4.69, 9.17) is 0 Å². The molecule has 0 saturated heterocycles. The van der Waals surface area contributed by atoms with Crippen molar-refractivity contribution in [3.05, 3.63) is 117 Å². The Bertz CT molecular complexity index is 1370. The minimum atomic E-state index is -0.291. The largest absolute Gasteiger partial charge is 0.289 e. The molecule has 0 bridgehead atoms. The maximum Gasteiger partial charge on any atom is 0.194 e. The maximum absolute atomic E-state index is 13.8. The second-order valence-corrected chi connectivity index (χ2v) is 8.91. The third kappa shape index (κ3) is 9.03. The third-order valence-corrected chi connectivity index (χ3v) is 6.27. The molecule has 0 heterocycles. The molecular weight excluding hydrogens is 532 g/mol. The smallest absolute Gasteiger partial charge is 0.194 e. The zero-order valence-corrected chi connectivity index (χ0v) is 29.1. The summed E-state index contributed by atoms with van der Waals surface area (Å²) in [5.74, 6) is -1.00. The number of rotatable bonds is 5. The molecule has 0 saturated carbocycles. The van der Waals surface area contributed by atoms with E-state index in [1.54, 1.807) is 76.3 Å². The van der Waals surface area contributed by atoms with Crippen LogP contribution in [0.5, 0.6) is 0 Å². The summed E-state index contributed by atoms with van der Waals surface area (Å²) in [4.78, 5) is 53.9. The van der Waals surface area contributed by atoms with Gasteiger partial charge in [0.25, 0.3) is 0 Å². The van der Waals surface area contributed by atoms with Crippen LogP contribution in [0.2, 0.25) is 0 Å². The lowest BCUT2D eigenvalue weighted by Gasteiger charge is -2.27. The Morgan fingerprint density at radius 3 is 1.51 bits per heavy atom. The van der Waals surface area contributed by atoms with Gasteiger partial charge < -0.3 is 0 Å². The third-order valence-electron chi connectivity index (χ3n) is 6.27. The Kier molecular flexibility index (Phi) is 20.0. The summed E-state index contributed by atoms with van der Waals surface area (Å²) in [6.07, 6.45) is 8.31. The Morgan fingerprint density at radius 1 is 0.651 bits per heavy atom. The summed E-state index contributed by atoms with van der Waals surface area (Å²) < 4.78 is 0. The van der Waals surface area contributed by atoms with Crippen LogP contribution < -0.4 is 0 Å². The van der Waals surface area contributed by atoms with E-state index in [9.17, 15) is 19.2 Å². The Labute approximate surface area is 261 Å². The van der Waals surface area contributed by atoms with Gasteiger partial charge in [0.1, 0.15) is 0 Å². The molecule has 0 amide bonds. The first-order chi connectivity index (χ1) is 20.6. The fourth-order valence-electron chi connectivity index (χ4n) is 4.66. The second-order valence-electron chi connectivity index (χ2n) is 8.91. The van der Waals surface area contributed by atoms with Crippen molar-refractivity contribution in [2.24, 2.45) is 5.92 Å². The first-order valence-electron chi connectivity index (χ1n) is 15.7. The van der Waals surface area contributed by atoms with E-state index in [1.165, 1.54) is 6.08 Å². The van der Waals surface area contributed by atoms with Crippen LogP contribution in [0, 0.1) is 5.92 Å². The van der Waals surface area contributed by atoms with E-state index in [0.717, 1.165) is 0 Å². The average molecular weight is 587 g/mol. The van der Waals surface area contributed by atoms with Crippen LogP contribution in [0.4, 0.5) is 0 Å². The fraction of sp³-hybridized carbons (Fsp3) is 0.385. The molecule has 1 aromatic carbocycles. The molecule has 0 aliphatic heterocycles. The van der Waals surface area contributed by atoms with Gasteiger partial charge in [-0.15, -0.1) is 0 Å². The van der Waals surface area contributed by atoms with Gasteiger partial charge in [-0.05, 0) is 44.8 Å². The average Bonchev–Trinajstić information content (AvgIpc) is 3.04. The lowest BCUT2D eigenvalue weighted by atomic mass is 9.73. The van der Waals surface area contributed by atoms with Crippen molar-refractivity contribution >= 4 is 23.1 Å². The maximum atomic E-state index is 13.8. The fourth-order valence-corrected chi connectivity index (χ4v) is 4.66. The molecule has 234 valence electrons. The van der Waals surface area contributed by atoms with Crippen molar-refractivity contribution in [2.45, 2.75) is 96.9 Å². The summed E-state index contributed by atoms with van der Waals surface area (Å²) in [7, 11) is 0. The molecule has 0 spiro atoms. The summed E-state index contributed by atoms with van der Waals surface area (Å²) in [6.45, 7) is 30.4. The summed E-state index contributed by atoms with van der Waals surface area (Å²) >= 11 is 0. The van der Waals surface area contributed by atoms with Crippen LogP contribution in [0.3, 0.4) is 0 Å². The lowest BCUT2D eigenvalue weighted by Crippen LogP contribution is -2.27. The molecule has 4 nitrogen and oxygen atoms in total. The highest BCUT2D eigenvalue weighted by Crippen LogP contribution is 2.40. The van der Waals surface area contributed by atoms with E-state index >= 15 is 0 Å². The van der Waals surface area contributed by atoms with Gasteiger partial charge in [-0.1, -0.05) is 130 Å². The number of Topliss-reactive ketones (excluding diaryl/α,β-unsaturated/α-hetero) is 4. The molecule has 1 aromatic rings. The minimum absolute atomic E-state index is 0.0448. The van der Waals surface area contributed by atoms with Crippen LogP contribution in [0.25, 0.3) is 0 Å². The van der Waals surface area contributed by atoms with Gasteiger partial charge in [-0.2, -0.15) is 0 Å². The van der Waals surface area contributed by atoms with Crippen molar-refractivity contribution in [1.29, 1.82) is 0 Å². The van der Waals surface area contributed by atoms with Gasteiger partial charge in [-0.3, -0.25) is 19.2 Å². The second kappa shape index (κ2) is 20.9. The van der Waals surface area contributed by atoms with Gasteiger partial charge in [0.15, 0.2) is 23.1 Å². The number of carbonyl (C=O) groups excluding carboxylic acids is 4. The highest BCUT2D eigenvalue weighted by atomic mass is 16.1. The molecule has 0 fully saturated rings. The number of carbonyl (C=O) groups is 4. The van der Waals surface area contributed by atoms with E-state index in [2.05, 4.69) is 6.58 Å². The monoisotopic (exact) mass is 586 g/mol. The predicted molar refractivity (Wildman–Crippen MR) is 185 cm³/mol. The molecule has 2 aliphatic rings. The molecule has 0 aromatic heterocycles. The van der Waals surface area contributed by atoms with Crippen molar-refractivity contribution < 1.29 is 19.2 Å². The number of fused-ring (bicyclic) bond motifs is 1.